The SMILES string of the molecule is [2H]c1c([2H])c([2H])c(-c2c([2H])c(-c3cc(C(C)(C)C)cc4c3-[n+]3[c-]n(-c5[c-]c(Oc6[c-]c7c(cc6)c6ccc([Si](c8ccccc8)(c8ccccc8)c8ccccc8)cc6n7-c6cc(C(C)(C)C)ccn6)ccc5)c5cccc(c53)-c3c([2H])c([2H])c([2H])c([2H])c3-c3c([2H])c([2H])c([2H])c([2H])c3-4)c([2H])c(-c3c([2H])c([2H])c([2H])c([2H])c3[2H])c2[2H])c([2H])c1[2H].[Pt]. The topological polar surface area (TPSA) is 35.9 Å². The van der Waals surface area contributed by atoms with E-state index in [2.05, 4.69) is 141 Å². The molecular formula is C92H70N4OPtSi-2. The average Bonchev–Trinajstić information content (AvgIpc) is 1.44. The van der Waals surface area contributed by atoms with Crippen LogP contribution in [-0.4, -0.2) is 22.2 Å². The van der Waals surface area contributed by atoms with E-state index in [1.807, 2.05) is 63.4 Å². The van der Waals surface area contributed by atoms with Gasteiger partial charge in [-0.2, -0.15) is 18.2 Å². The summed E-state index contributed by atoms with van der Waals surface area (Å²) in [5.41, 5.74) is -2.99. The summed E-state index contributed by atoms with van der Waals surface area (Å²) in [4.78, 5) is 5.10. The summed E-state index contributed by atoms with van der Waals surface area (Å²) in [6, 6.07) is 49.9. The number of benzene rings is 13. The summed E-state index contributed by atoms with van der Waals surface area (Å²) in [6.45, 7) is 11.9. The molecule has 0 saturated carbocycles. The molecule has 5 nitrogen and oxygen atoms in total. The van der Waals surface area contributed by atoms with Gasteiger partial charge in [-0.25, -0.2) is 4.98 Å². The molecule has 3 aromatic heterocycles. The Balaban J connectivity index is 0.0000107. The van der Waals surface area contributed by atoms with Crippen LogP contribution in [0.5, 0.6) is 11.5 Å². The van der Waals surface area contributed by atoms with E-state index >= 15 is 0 Å². The van der Waals surface area contributed by atoms with Gasteiger partial charge in [-0.15, -0.1) is 29.7 Å². The van der Waals surface area contributed by atoms with Crippen LogP contribution in [0.15, 0.2) is 315 Å². The molecule has 1 aliphatic rings. The smallest absolute Gasteiger partial charge is 0.268 e. The van der Waals surface area contributed by atoms with E-state index in [4.69, 9.17) is 17.9 Å². The standard InChI is InChI=1S/C92H70N4OSi.Pt/c1-91(2,3)67-50-51-93-88(57-67)96-86-59-71(46-48-80(86)81-49-47-75(60-87(81)96)98(72-34-16-9-17-35-72,73-36-18-10-19-37-73)74-38-20-11-21-39-74)97-70-33-26-32-69(58-70)94-61-95-89-83(66-53-64(62-28-12-7-13-29-62)52-65(54-66)63-30-14-8-15-31-63)55-68(92(4,5)6)56-84(89)79-43-25-23-41-77(79)76-40-22-24-42-78(76)82-44-27-45-85(94)90(82)95;/h7-57,60H,1-6H3;/q-2;/i7D,8D,12D,13D,14D,15D,22D,23D,24D,25D,28D,29D,30D,31D,40D,41D,42D,43D,52D,53D,54D;. The van der Waals surface area contributed by atoms with Crippen molar-refractivity contribution < 1.29 is 59.2 Å². The van der Waals surface area contributed by atoms with Crippen LogP contribution in [0.25, 0.3) is 117 Å². The second kappa shape index (κ2) is 25.1. The Kier molecular flexibility index (Phi) is 11.0. The second-order valence-electron chi connectivity index (χ2n) is 26.3. The van der Waals surface area contributed by atoms with Crippen LogP contribution in [0, 0.1) is 18.5 Å². The summed E-state index contributed by atoms with van der Waals surface area (Å²) in [6.07, 6.45) is 5.33. The summed E-state index contributed by atoms with van der Waals surface area (Å²) in [7, 11) is -3.11. The summed E-state index contributed by atoms with van der Waals surface area (Å²) >= 11 is 0. The average molecular weight is 1490 g/mol. The molecule has 1 aliphatic heterocycles. The Bertz CT molecular complexity index is 6820. The van der Waals surface area contributed by atoms with Gasteiger partial charge in [-0.3, -0.25) is 4.57 Å². The molecule has 0 N–H and O–H groups in total. The Hall–Kier alpha value is -11.0. The fourth-order valence-electron chi connectivity index (χ4n) is 13.7. The van der Waals surface area contributed by atoms with Crippen molar-refractivity contribution in [2.75, 3.05) is 0 Å². The Morgan fingerprint density at radius 3 is 1.55 bits per heavy atom. The summed E-state index contributed by atoms with van der Waals surface area (Å²) in [5, 5.41) is 6.49. The number of imidazole rings is 1. The molecule has 0 fully saturated rings. The van der Waals surface area contributed by atoms with E-state index in [0.717, 1.165) is 27.0 Å². The fourth-order valence-corrected chi connectivity index (χ4v) is 18.4. The van der Waals surface area contributed by atoms with Gasteiger partial charge < -0.3 is 13.9 Å². The van der Waals surface area contributed by atoms with Crippen LogP contribution in [0.1, 0.15) is 81.5 Å². The normalized spacial score (nSPS) is 15.0. The van der Waals surface area contributed by atoms with E-state index in [-0.39, 0.29) is 99.3 Å². The predicted molar refractivity (Wildman–Crippen MR) is 407 cm³/mol. The minimum atomic E-state index is -3.11. The van der Waals surface area contributed by atoms with Crippen molar-refractivity contribution in [3.63, 3.8) is 0 Å². The molecule has 0 radical (unpaired) electrons. The number of nitrogens with zero attached hydrogens (tertiary/aromatic N) is 4. The molecule has 0 spiro atoms. The van der Waals surface area contributed by atoms with Gasteiger partial charge in [-0.1, -0.05) is 289 Å². The molecule has 7 heteroatoms. The monoisotopic (exact) mass is 1490 g/mol. The summed E-state index contributed by atoms with van der Waals surface area (Å²) in [5.74, 6) is 1.07. The van der Waals surface area contributed by atoms with E-state index < -0.39 is 168 Å². The maximum Gasteiger partial charge on any atom is 0.268 e. The molecule has 0 bridgehead atoms. The van der Waals surface area contributed by atoms with Crippen LogP contribution in [-0.2, 0) is 31.9 Å². The molecule has 16 aromatic rings. The molecule has 0 saturated heterocycles. The largest absolute Gasteiger partial charge is 0.510 e. The maximum absolute atomic E-state index is 10.6. The minimum absolute atomic E-state index is 0. The third kappa shape index (κ3) is 11.0. The van der Waals surface area contributed by atoms with Crippen molar-refractivity contribution in [3.05, 3.63) is 345 Å². The van der Waals surface area contributed by atoms with Crippen LogP contribution in [0.2, 0.25) is 0 Å². The number of hydrogen-bond acceptors (Lipinski definition) is 2. The third-order valence-electron chi connectivity index (χ3n) is 18.3. The number of hydrogen-bond donors (Lipinski definition) is 0. The first-order chi connectivity index (χ1) is 56.6. The van der Waals surface area contributed by atoms with Crippen LogP contribution < -0.4 is 30.1 Å². The predicted octanol–water partition coefficient (Wildman–Crippen LogP) is 19.9. The maximum atomic E-state index is 10.6. The van der Waals surface area contributed by atoms with Crippen LogP contribution in [0.4, 0.5) is 0 Å². The first-order valence-corrected chi connectivity index (χ1v) is 34.1. The Morgan fingerprint density at radius 1 is 0.424 bits per heavy atom. The number of aromatic nitrogens is 4. The molecule has 0 amide bonds. The summed E-state index contributed by atoms with van der Waals surface area (Å²) < 4.78 is 212. The first-order valence-electron chi connectivity index (χ1n) is 42.6. The third-order valence-corrected chi connectivity index (χ3v) is 23.1. The zero-order valence-corrected chi connectivity index (χ0v) is 57.7. The molecule has 480 valence electrons. The molecule has 0 aliphatic carbocycles. The van der Waals surface area contributed by atoms with Gasteiger partial charge in [-0.05, 0) is 157 Å². The number of rotatable bonds is 11. The second-order valence-corrected chi connectivity index (χ2v) is 30.1. The van der Waals surface area contributed by atoms with Gasteiger partial charge in [0.2, 0.25) is 0 Å². The molecular weight excluding hydrogens is 1400 g/mol. The van der Waals surface area contributed by atoms with Gasteiger partial charge in [0.15, 0.2) is 8.07 Å². The fraction of sp³-hybridized carbons (Fsp3) is 0.0870. The van der Waals surface area contributed by atoms with Crippen molar-refractivity contribution in [3.8, 4) is 95.5 Å². The molecule has 13 aromatic carbocycles. The van der Waals surface area contributed by atoms with E-state index in [0.29, 0.717) is 16.9 Å². The van der Waals surface area contributed by atoms with E-state index in [9.17, 15) is 20.6 Å². The van der Waals surface area contributed by atoms with Crippen molar-refractivity contribution in [1.29, 1.82) is 0 Å². The van der Waals surface area contributed by atoms with Crippen LogP contribution in [0.3, 0.4) is 0 Å². The molecule has 0 unspecified atom stereocenters. The van der Waals surface area contributed by atoms with Gasteiger partial charge in [0, 0.05) is 44.3 Å². The molecule has 0 atom stereocenters. The van der Waals surface area contributed by atoms with Crippen molar-refractivity contribution in [2.45, 2.75) is 52.4 Å². The van der Waals surface area contributed by atoms with E-state index in [1.54, 1.807) is 53.1 Å². The van der Waals surface area contributed by atoms with Gasteiger partial charge in [0.1, 0.15) is 5.82 Å². The van der Waals surface area contributed by atoms with Crippen molar-refractivity contribution >= 4 is 61.7 Å². The minimum Gasteiger partial charge on any atom is -0.510 e. The number of para-hydroxylation sites is 1. The van der Waals surface area contributed by atoms with Crippen molar-refractivity contribution in [2.24, 2.45) is 0 Å². The van der Waals surface area contributed by atoms with Gasteiger partial charge in [0.25, 0.3) is 6.33 Å². The molecule has 17 rings (SSSR count). The van der Waals surface area contributed by atoms with Gasteiger partial charge >= 0.3 is 0 Å². The Labute approximate surface area is 624 Å². The van der Waals surface area contributed by atoms with E-state index in [1.165, 1.54) is 20.1 Å². The Morgan fingerprint density at radius 2 is 0.949 bits per heavy atom. The number of fused-ring (bicyclic) bond motifs is 10. The van der Waals surface area contributed by atoms with Crippen molar-refractivity contribution in [1.82, 2.24) is 14.1 Å². The molecule has 99 heavy (non-hydrogen) atoms. The number of pyridine rings is 1. The zero-order chi connectivity index (χ0) is 84.6. The zero-order valence-electron chi connectivity index (χ0n) is 75.4. The van der Waals surface area contributed by atoms with Crippen LogP contribution >= 0.6 is 0 Å². The first kappa shape index (κ1) is 43.3. The number of ether oxygens (including phenoxy) is 1. The quantitative estimate of drug-likeness (QED) is 0.0560. The molecule has 4 heterocycles. The van der Waals surface area contributed by atoms with Gasteiger partial charge in [0.05, 0.1) is 45.5 Å².